The van der Waals surface area contributed by atoms with Crippen LogP contribution in [0.4, 0.5) is 13.2 Å². The highest BCUT2D eigenvalue weighted by atomic mass is 32.2. The number of ether oxygens (including phenoxy) is 1. The number of rotatable bonds is 7. The number of methoxy groups -OCH3 is 1. The van der Waals surface area contributed by atoms with Crippen molar-refractivity contribution in [3.8, 4) is 0 Å². The van der Waals surface area contributed by atoms with E-state index in [1.165, 1.54) is 26.2 Å². The molecule has 10 heteroatoms. The van der Waals surface area contributed by atoms with Crippen molar-refractivity contribution in [1.82, 2.24) is 10.0 Å². The first kappa shape index (κ1) is 19.4. The van der Waals surface area contributed by atoms with Gasteiger partial charge in [0.15, 0.2) is 0 Å². The Bertz CT molecular complexity index is 660. The molecule has 0 aliphatic rings. The van der Waals surface area contributed by atoms with Gasteiger partial charge in [0.2, 0.25) is 10.0 Å². The van der Waals surface area contributed by atoms with Crippen molar-refractivity contribution in [3.05, 3.63) is 29.3 Å². The Kier molecular flexibility index (Phi) is 6.54. The van der Waals surface area contributed by atoms with Crippen LogP contribution < -0.4 is 10.0 Å². The minimum atomic E-state index is -4.55. The van der Waals surface area contributed by atoms with Gasteiger partial charge in [0.05, 0.1) is 11.5 Å². The van der Waals surface area contributed by atoms with E-state index >= 15 is 0 Å². The second kappa shape index (κ2) is 7.75. The minimum Gasteiger partial charge on any atom is -0.383 e. The summed E-state index contributed by atoms with van der Waals surface area (Å²) in [6.45, 7) is 0.192. The summed E-state index contributed by atoms with van der Waals surface area (Å²) in [5, 5.41) is 1.71. The van der Waals surface area contributed by atoms with Crippen molar-refractivity contribution < 1.29 is 31.1 Å². The Morgan fingerprint density at radius 2 is 1.96 bits per heavy atom. The van der Waals surface area contributed by atoms with Crippen molar-refractivity contribution in [3.63, 3.8) is 0 Å². The third kappa shape index (κ3) is 6.16. The highest BCUT2D eigenvalue weighted by Crippen LogP contribution is 2.17. The van der Waals surface area contributed by atoms with E-state index in [1.807, 2.05) is 0 Å². The van der Waals surface area contributed by atoms with E-state index < -0.39 is 28.7 Å². The lowest BCUT2D eigenvalue weighted by molar-refractivity contribution is -0.123. The fourth-order valence-corrected chi connectivity index (χ4v) is 2.69. The van der Waals surface area contributed by atoms with Crippen molar-refractivity contribution in [2.24, 2.45) is 0 Å². The molecule has 1 amide bonds. The Labute approximate surface area is 132 Å². The Morgan fingerprint density at radius 3 is 2.52 bits per heavy atom. The first-order valence-corrected chi connectivity index (χ1v) is 7.99. The Morgan fingerprint density at radius 1 is 1.30 bits per heavy atom. The van der Waals surface area contributed by atoms with Gasteiger partial charge in [0, 0.05) is 19.2 Å². The molecule has 130 valence electrons. The summed E-state index contributed by atoms with van der Waals surface area (Å²) in [5.41, 5.74) is 0.226. The molecule has 1 aromatic carbocycles. The van der Waals surface area contributed by atoms with Crippen molar-refractivity contribution >= 4 is 15.9 Å². The second-order valence-electron chi connectivity index (χ2n) is 4.67. The summed E-state index contributed by atoms with van der Waals surface area (Å²) < 4.78 is 67.5. The van der Waals surface area contributed by atoms with Crippen LogP contribution in [-0.2, 0) is 14.8 Å². The van der Waals surface area contributed by atoms with E-state index in [1.54, 1.807) is 5.32 Å². The van der Waals surface area contributed by atoms with Gasteiger partial charge < -0.3 is 10.1 Å². The molecule has 0 aliphatic heterocycles. The SMILES string of the molecule is COCCNS(=O)(=O)c1ccc(C)c(C(=O)NCC(F)(F)F)c1. The number of nitrogens with one attached hydrogen (secondary N) is 2. The maximum Gasteiger partial charge on any atom is 0.405 e. The number of amides is 1. The monoisotopic (exact) mass is 354 g/mol. The molecule has 1 rings (SSSR count). The zero-order valence-electron chi connectivity index (χ0n) is 12.5. The lowest BCUT2D eigenvalue weighted by Crippen LogP contribution is -2.34. The van der Waals surface area contributed by atoms with E-state index in [0.29, 0.717) is 5.56 Å². The summed E-state index contributed by atoms with van der Waals surface area (Å²) in [5.74, 6) is -0.992. The number of hydrogen-bond acceptors (Lipinski definition) is 4. The molecule has 0 saturated heterocycles. The van der Waals surface area contributed by atoms with Crippen molar-refractivity contribution in [2.75, 3.05) is 26.8 Å². The number of sulfonamides is 1. The topological polar surface area (TPSA) is 84.5 Å². The molecule has 0 heterocycles. The molecule has 2 N–H and O–H groups in total. The third-order valence-electron chi connectivity index (χ3n) is 2.81. The second-order valence-corrected chi connectivity index (χ2v) is 6.43. The van der Waals surface area contributed by atoms with Crippen LogP contribution in [0.5, 0.6) is 0 Å². The number of benzene rings is 1. The van der Waals surface area contributed by atoms with Gasteiger partial charge in [0.1, 0.15) is 6.54 Å². The largest absolute Gasteiger partial charge is 0.405 e. The van der Waals surface area contributed by atoms with Gasteiger partial charge in [-0.25, -0.2) is 13.1 Å². The van der Waals surface area contributed by atoms with Gasteiger partial charge in [-0.3, -0.25) is 4.79 Å². The van der Waals surface area contributed by atoms with E-state index in [-0.39, 0.29) is 23.6 Å². The summed E-state index contributed by atoms with van der Waals surface area (Å²) in [6.07, 6.45) is -4.55. The normalized spacial score (nSPS) is 12.2. The third-order valence-corrected chi connectivity index (χ3v) is 4.27. The molecule has 0 saturated carbocycles. The Balaban J connectivity index is 2.97. The lowest BCUT2D eigenvalue weighted by atomic mass is 10.1. The molecule has 0 fully saturated rings. The highest BCUT2D eigenvalue weighted by molar-refractivity contribution is 7.89. The van der Waals surface area contributed by atoms with Gasteiger partial charge >= 0.3 is 6.18 Å². The standard InChI is InChI=1S/C13H17F3N2O4S/c1-9-3-4-10(23(20,21)18-5-6-22-2)7-11(9)12(19)17-8-13(14,15)16/h3-4,7,18H,5-6,8H2,1-2H3,(H,17,19). The van der Waals surface area contributed by atoms with Crippen LogP contribution in [-0.4, -0.2) is 47.3 Å². The zero-order valence-corrected chi connectivity index (χ0v) is 13.3. The molecule has 0 aromatic heterocycles. The van der Waals surface area contributed by atoms with E-state index in [2.05, 4.69) is 4.72 Å². The van der Waals surface area contributed by atoms with Gasteiger partial charge in [-0.2, -0.15) is 13.2 Å². The average molecular weight is 354 g/mol. The van der Waals surface area contributed by atoms with Crippen molar-refractivity contribution in [1.29, 1.82) is 0 Å². The molecule has 0 bridgehead atoms. The maximum atomic E-state index is 12.1. The number of halogens is 3. The van der Waals surface area contributed by atoms with Crippen molar-refractivity contribution in [2.45, 2.75) is 18.0 Å². The summed E-state index contributed by atoms with van der Waals surface area (Å²) in [6, 6.07) is 3.66. The number of carbonyl (C=O) groups excluding carboxylic acids is 1. The maximum absolute atomic E-state index is 12.1. The molecular weight excluding hydrogens is 337 g/mol. The summed E-state index contributed by atoms with van der Waals surface area (Å²) in [7, 11) is -2.47. The van der Waals surface area contributed by atoms with Gasteiger partial charge in [-0.05, 0) is 24.6 Å². The fourth-order valence-electron chi connectivity index (χ4n) is 1.65. The van der Waals surface area contributed by atoms with E-state index in [0.717, 1.165) is 6.07 Å². The van der Waals surface area contributed by atoms with Gasteiger partial charge in [-0.1, -0.05) is 6.07 Å². The van der Waals surface area contributed by atoms with Crippen LogP contribution in [0.1, 0.15) is 15.9 Å². The van der Waals surface area contributed by atoms with Crippen LogP contribution >= 0.6 is 0 Å². The minimum absolute atomic E-state index is 0.0301. The van der Waals surface area contributed by atoms with Crippen LogP contribution in [0.2, 0.25) is 0 Å². The fraction of sp³-hybridized carbons (Fsp3) is 0.462. The smallest absolute Gasteiger partial charge is 0.383 e. The van der Waals surface area contributed by atoms with Gasteiger partial charge in [0.25, 0.3) is 5.91 Å². The van der Waals surface area contributed by atoms with E-state index in [4.69, 9.17) is 4.74 Å². The van der Waals surface area contributed by atoms with Crippen LogP contribution in [0.15, 0.2) is 23.1 Å². The molecular formula is C13H17F3N2O4S. The predicted molar refractivity (Wildman–Crippen MR) is 76.6 cm³/mol. The van der Waals surface area contributed by atoms with Gasteiger partial charge in [-0.15, -0.1) is 0 Å². The first-order valence-electron chi connectivity index (χ1n) is 6.51. The first-order chi connectivity index (χ1) is 10.6. The summed E-state index contributed by atoms with van der Waals surface area (Å²) in [4.78, 5) is 11.6. The summed E-state index contributed by atoms with van der Waals surface area (Å²) >= 11 is 0. The predicted octanol–water partition coefficient (Wildman–Crippen LogP) is 1.21. The molecule has 1 aromatic rings. The highest BCUT2D eigenvalue weighted by Gasteiger charge is 2.28. The quantitative estimate of drug-likeness (QED) is 0.721. The number of hydrogen-bond donors (Lipinski definition) is 2. The zero-order chi connectivity index (χ0) is 17.7. The molecule has 0 atom stereocenters. The lowest BCUT2D eigenvalue weighted by Gasteiger charge is -2.12. The van der Waals surface area contributed by atoms with Crippen LogP contribution in [0.25, 0.3) is 0 Å². The average Bonchev–Trinajstić information content (AvgIpc) is 2.44. The Hall–Kier alpha value is -1.65. The number of carbonyl (C=O) groups is 1. The van der Waals surface area contributed by atoms with Crippen LogP contribution in [0.3, 0.4) is 0 Å². The number of aryl methyl sites for hydroxylation is 1. The number of alkyl halides is 3. The molecule has 0 unspecified atom stereocenters. The molecule has 6 nitrogen and oxygen atoms in total. The molecule has 0 aliphatic carbocycles. The molecule has 23 heavy (non-hydrogen) atoms. The van der Waals surface area contributed by atoms with E-state index in [9.17, 15) is 26.4 Å². The van der Waals surface area contributed by atoms with Crippen LogP contribution in [0, 0.1) is 6.92 Å². The molecule has 0 spiro atoms. The molecule has 0 radical (unpaired) electrons.